The molecule has 0 bridgehead atoms. The molecule has 0 aromatic heterocycles. The lowest BCUT2D eigenvalue weighted by Crippen LogP contribution is -2.16. The molecule has 0 amide bonds. The number of ether oxygens (including phenoxy) is 1. The van der Waals surface area contributed by atoms with Gasteiger partial charge in [-0.15, -0.1) is 0 Å². The van der Waals surface area contributed by atoms with Gasteiger partial charge in [0.15, 0.2) is 0 Å². The van der Waals surface area contributed by atoms with Crippen LogP contribution in [0.2, 0.25) is 0 Å². The molecule has 88 valence electrons. The number of rotatable bonds is 7. The molecule has 16 heavy (non-hydrogen) atoms. The number of aryl methyl sites for hydroxylation is 2. The van der Waals surface area contributed by atoms with Crippen molar-refractivity contribution in [2.75, 3.05) is 13.2 Å². The van der Waals surface area contributed by atoms with Crippen LogP contribution in [0, 0.1) is 13.8 Å². The minimum absolute atomic E-state index is 0.739. The van der Waals surface area contributed by atoms with Gasteiger partial charge >= 0.3 is 0 Å². The summed E-state index contributed by atoms with van der Waals surface area (Å²) < 4.78 is 5.05. The number of benzene rings is 1. The molecule has 0 atom stereocenters. The molecule has 0 unspecified atom stereocenters. The van der Waals surface area contributed by atoms with E-state index in [1.165, 1.54) is 23.0 Å². The van der Waals surface area contributed by atoms with E-state index in [1.807, 2.05) is 0 Å². The lowest BCUT2D eigenvalue weighted by molar-refractivity contribution is 0.244. The second-order valence-corrected chi connectivity index (χ2v) is 4.00. The predicted octanol–water partition coefficient (Wildman–Crippen LogP) is 2.94. The minimum Gasteiger partial charge on any atom is -0.502 e. The normalized spacial score (nSPS) is 10.1. The van der Waals surface area contributed by atoms with Gasteiger partial charge in [0.25, 0.3) is 0 Å². The molecule has 1 aromatic rings. The zero-order chi connectivity index (χ0) is 11.8. The SMILES string of the molecule is C=COCCCNCc1cc(C)ccc1C. The van der Waals surface area contributed by atoms with Crippen molar-refractivity contribution in [1.29, 1.82) is 0 Å². The summed E-state index contributed by atoms with van der Waals surface area (Å²) >= 11 is 0. The number of hydrogen-bond acceptors (Lipinski definition) is 2. The smallest absolute Gasteiger partial charge is 0.0885 e. The van der Waals surface area contributed by atoms with Crippen LogP contribution in [0.3, 0.4) is 0 Å². The fraction of sp³-hybridized carbons (Fsp3) is 0.429. The van der Waals surface area contributed by atoms with Crippen LogP contribution in [0.5, 0.6) is 0 Å². The van der Waals surface area contributed by atoms with E-state index < -0.39 is 0 Å². The average Bonchev–Trinajstić information content (AvgIpc) is 2.28. The van der Waals surface area contributed by atoms with E-state index in [9.17, 15) is 0 Å². The Bertz CT molecular complexity index is 334. The second-order valence-electron chi connectivity index (χ2n) is 4.00. The summed E-state index contributed by atoms with van der Waals surface area (Å²) in [4.78, 5) is 0. The first-order valence-electron chi connectivity index (χ1n) is 5.73. The first kappa shape index (κ1) is 12.8. The molecular weight excluding hydrogens is 198 g/mol. The van der Waals surface area contributed by atoms with E-state index in [0.29, 0.717) is 0 Å². The zero-order valence-corrected chi connectivity index (χ0v) is 10.3. The molecule has 0 saturated carbocycles. The van der Waals surface area contributed by atoms with Crippen LogP contribution < -0.4 is 5.32 Å². The quantitative estimate of drug-likeness (QED) is 0.562. The summed E-state index contributed by atoms with van der Waals surface area (Å²) in [7, 11) is 0. The van der Waals surface area contributed by atoms with Gasteiger partial charge < -0.3 is 10.1 Å². The molecule has 0 radical (unpaired) electrons. The van der Waals surface area contributed by atoms with Crippen LogP contribution in [0.1, 0.15) is 23.1 Å². The lowest BCUT2D eigenvalue weighted by Gasteiger charge is -2.08. The highest BCUT2D eigenvalue weighted by Crippen LogP contribution is 2.09. The van der Waals surface area contributed by atoms with Crippen LogP contribution >= 0.6 is 0 Å². The molecule has 1 N–H and O–H groups in total. The van der Waals surface area contributed by atoms with Gasteiger partial charge in [0, 0.05) is 6.54 Å². The summed E-state index contributed by atoms with van der Waals surface area (Å²) in [6.07, 6.45) is 2.50. The van der Waals surface area contributed by atoms with E-state index in [4.69, 9.17) is 4.74 Å². The van der Waals surface area contributed by atoms with Crippen molar-refractivity contribution in [3.8, 4) is 0 Å². The molecule has 1 aromatic carbocycles. The molecule has 0 aliphatic heterocycles. The third-order valence-electron chi connectivity index (χ3n) is 2.55. The van der Waals surface area contributed by atoms with E-state index >= 15 is 0 Å². The monoisotopic (exact) mass is 219 g/mol. The summed E-state index contributed by atoms with van der Waals surface area (Å²) in [6.45, 7) is 10.4. The Kier molecular flexibility index (Phi) is 5.65. The van der Waals surface area contributed by atoms with Gasteiger partial charge in [0.05, 0.1) is 12.9 Å². The Morgan fingerprint density at radius 1 is 1.38 bits per heavy atom. The maximum Gasteiger partial charge on any atom is 0.0885 e. The fourth-order valence-corrected chi connectivity index (χ4v) is 1.58. The van der Waals surface area contributed by atoms with E-state index in [1.54, 1.807) is 0 Å². The third kappa shape index (κ3) is 4.49. The lowest BCUT2D eigenvalue weighted by atomic mass is 10.1. The largest absolute Gasteiger partial charge is 0.502 e. The van der Waals surface area contributed by atoms with Gasteiger partial charge in [-0.1, -0.05) is 30.3 Å². The van der Waals surface area contributed by atoms with Crippen molar-refractivity contribution in [2.24, 2.45) is 0 Å². The molecular formula is C14H21NO. The third-order valence-corrected chi connectivity index (χ3v) is 2.55. The van der Waals surface area contributed by atoms with Crippen molar-refractivity contribution < 1.29 is 4.74 Å². The fourth-order valence-electron chi connectivity index (χ4n) is 1.58. The molecule has 2 heteroatoms. The molecule has 0 fully saturated rings. The second kappa shape index (κ2) is 7.07. The number of nitrogens with one attached hydrogen (secondary N) is 1. The highest BCUT2D eigenvalue weighted by atomic mass is 16.5. The highest BCUT2D eigenvalue weighted by Gasteiger charge is 1.97. The van der Waals surface area contributed by atoms with Crippen LogP contribution in [0.4, 0.5) is 0 Å². The van der Waals surface area contributed by atoms with Crippen molar-refractivity contribution in [3.63, 3.8) is 0 Å². The van der Waals surface area contributed by atoms with Gasteiger partial charge in [-0.2, -0.15) is 0 Å². The topological polar surface area (TPSA) is 21.3 Å². The first-order valence-corrected chi connectivity index (χ1v) is 5.73. The molecule has 0 heterocycles. The average molecular weight is 219 g/mol. The van der Waals surface area contributed by atoms with Crippen molar-refractivity contribution in [1.82, 2.24) is 5.32 Å². The van der Waals surface area contributed by atoms with Gasteiger partial charge in [0.1, 0.15) is 0 Å². The Balaban J connectivity index is 2.26. The van der Waals surface area contributed by atoms with Crippen molar-refractivity contribution in [2.45, 2.75) is 26.8 Å². The van der Waals surface area contributed by atoms with Crippen LogP contribution in [-0.2, 0) is 11.3 Å². The first-order chi connectivity index (χ1) is 7.74. The van der Waals surface area contributed by atoms with Gasteiger partial charge in [-0.05, 0) is 37.9 Å². The van der Waals surface area contributed by atoms with Crippen molar-refractivity contribution >= 4 is 0 Å². The Morgan fingerprint density at radius 2 is 2.19 bits per heavy atom. The summed E-state index contributed by atoms with van der Waals surface area (Å²) in [5, 5.41) is 3.41. The molecule has 2 nitrogen and oxygen atoms in total. The highest BCUT2D eigenvalue weighted by molar-refractivity contribution is 5.30. The van der Waals surface area contributed by atoms with Gasteiger partial charge in [-0.25, -0.2) is 0 Å². The summed E-state index contributed by atoms with van der Waals surface area (Å²) in [6, 6.07) is 6.56. The zero-order valence-electron chi connectivity index (χ0n) is 10.3. The van der Waals surface area contributed by atoms with E-state index in [2.05, 4.69) is 43.9 Å². The van der Waals surface area contributed by atoms with Gasteiger partial charge in [-0.3, -0.25) is 0 Å². The standard InChI is InChI=1S/C14H21NO/c1-4-16-9-5-8-15-11-14-10-12(2)6-7-13(14)3/h4,6-7,10,15H,1,5,8-9,11H2,2-3H3. The number of hydrogen-bond donors (Lipinski definition) is 1. The van der Waals surface area contributed by atoms with E-state index in [-0.39, 0.29) is 0 Å². The maximum absolute atomic E-state index is 5.05. The van der Waals surface area contributed by atoms with Gasteiger partial charge in [0.2, 0.25) is 0 Å². The predicted molar refractivity (Wildman–Crippen MR) is 68.4 cm³/mol. The summed E-state index contributed by atoms with van der Waals surface area (Å²) in [5.74, 6) is 0. The Labute approximate surface area is 98.3 Å². The molecule has 0 saturated heterocycles. The Hall–Kier alpha value is -1.28. The molecule has 0 spiro atoms. The maximum atomic E-state index is 5.05. The van der Waals surface area contributed by atoms with Crippen LogP contribution in [-0.4, -0.2) is 13.2 Å². The minimum atomic E-state index is 0.739. The Morgan fingerprint density at radius 3 is 2.94 bits per heavy atom. The van der Waals surface area contributed by atoms with Crippen LogP contribution in [0.15, 0.2) is 31.0 Å². The molecule has 0 aliphatic carbocycles. The van der Waals surface area contributed by atoms with E-state index in [0.717, 1.165) is 26.1 Å². The molecule has 0 aliphatic rings. The van der Waals surface area contributed by atoms with Crippen LogP contribution in [0.25, 0.3) is 0 Å². The summed E-state index contributed by atoms with van der Waals surface area (Å²) in [5.41, 5.74) is 4.04. The molecule has 1 rings (SSSR count). The van der Waals surface area contributed by atoms with Crippen molar-refractivity contribution in [3.05, 3.63) is 47.7 Å².